The number of nitrogens with zero attached hydrogens (tertiary/aromatic N) is 6. The fourth-order valence-corrected chi connectivity index (χ4v) is 8.67. The van der Waals surface area contributed by atoms with Crippen molar-refractivity contribution in [2.45, 2.75) is 50.1 Å². The van der Waals surface area contributed by atoms with Crippen LogP contribution in [0.25, 0.3) is 0 Å². The average Bonchev–Trinajstić information content (AvgIpc) is 3.86. The number of benzene rings is 6. The predicted molar refractivity (Wildman–Crippen MR) is 247 cm³/mol. The molecule has 4 N–H and O–H groups in total. The summed E-state index contributed by atoms with van der Waals surface area (Å²) in [7, 11) is 0. The van der Waals surface area contributed by atoms with Crippen molar-refractivity contribution in [1.82, 2.24) is 9.80 Å². The van der Waals surface area contributed by atoms with Crippen molar-refractivity contribution in [3.05, 3.63) is 189 Å². The van der Waals surface area contributed by atoms with Crippen LogP contribution in [0, 0.1) is 0 Å². The maximum absolute atomic E-state index is 11.0. The van der Waals surface area contributed by atoms with Gasteiger partial charge in [-0.1, -0.05) is 84.9 Å². The van der Waals surface area contributed by atoms with Gasteiger partial charge in [0.1, 0.15) is 23.0 Å². The largest absolute Gasteiger partial charge is 0.507 e. The van der Waals surface area contributed by atoms with Crippen LogP contribution in [-0.4, -0.2) is 105 Å². The SMILES string of the molecule is Oc1ccc2cc1C=N[C@@H]1CN(Cc3ccccc3)C[C@H]1N=Cc1cc(ccc1O)Cc1ccc(O)c(c1)C=N[C@@H]1CN(Cc3ccccc3)C[C@H]1N=Cc1cc(ccc1O)C2. The van der Waals surface area contributed by atoms with Crippen LogP contribution in [0.5, 0.6) is 23.0 Å². The first-order valence-electron chi connectivity index (χ1n) is 21.2. The highest BCUT2D eigenvalue weighted by Crippen LogP contribution is 2.28. The minimum absolute atomic E-state index is 0.140. The highest BCUT2D eigenvalue weighted by molar-refractivity contribution is 5.86. The van der Waals surface area contributed by atoms with E-state index < -0.39 is 0 Å². The fraction of sp³-hybridized carbons (Fsp3) is 0.231. The second kappa shape index (κ2) is 18.4. The number of likely N-dealkylation sites (tertiary alicyclic amines) is 2. The lowest BCUT2D eigenvalue weighted by Gasteiger charge is -2.14. The minimum Gasteiger partial charge on any atom is -0.507 e. The van der Waals surface area contributed by atoms with E-state index in [0.717, 1.165) is 35.3 Å². The lowest BCUT2D eigenvalue weighted by Crippen LogP contribution is -2.21. The topological polar surface area (TPSA) is 137 Å². The van der Waals surface area contributed by atoms with E-state index in [1.54, 1.807) is 49.1 Å². The van der Waals surface area contributed by atoms with Crippen LogP contribution in [0.15, 0.2) is 153 Å². The number of aliphatic imine (C=N–C) groups is 4. The number of fused-ring (bicyclic) bond motifs is 10. The van der Waals surface area contributed by atoms with Gasteiger partial charge in [0.15, 0.2) is 0 Å². The number of phenolic OH excluding ortho intramolecular Hbond substituents is 4. The molecule has 10 nitrogen and oxygen atoms in total. The number of aromatic hydroxyl groups is 4. The van der Waals surface area contributed by atoms with Crippen molar-refractivity contribution in [3.63, 3.8) is 0 Å². The van der Waals surface area contributed by atoms with Gasteiger partial charge in [-0.05, 0) is 94.8 Å². The van der Waals surface area contributed by atoms with Crippen molar-refractivity contribution < 1.29 is 20.4 Å². The molecule has 0 amide bonds. The summed E-state index contributed by atoms with van der Waals surface area (Å²) in [5.74, 6) is 0.559. The maximum atomic E-state index is 11.0. The summed E-state index contributed by atoms with van der Waals surface area (Å²) in [6.45, 7) is 4.22. The Morgan fingerprint density at radius 1 is 0.371 bits per heavy atom. The number of phenols is 4. The molecular formula is C52H50N6O4. The zero-order chi connectivity index (χ0) is 42.4. The Bertz CT molecular complexity index is 2320. The molecule has 0 aromatic heterocycles. The first-order valence-corrected chi connectivity index (χ1v) is 21.2. The number of hydrogen-bond acceptors (Lipinski definition) is 10. The molecule has 62 heavy (non-hydrogen) atoms. The quantitative estimate of drug-likeness (QED) is 0.145. The zero-order valence-electron chi connectivity index (χ0n) is 34.4. The molecule has 2 saturated heterocycles. The fourth-order valence-electron chi connectivity index (χ4n) is 8.67. The standard InChI is InChI=1S/C52H50N6O4/c59-49-15-11-37-19-39-13-17-51(61)43(23-39)27-55-47-33-58(30-36-9-5-2-6-10-36)34-48(47)56-28-44-24-40(14-18-52(44)62)20-38-12-16-50(60)42(22-38)26-54-46-32-57(29-35-7-3-1-4-8-35)31-45(46)53-25-41(49)21-37/h1-18,21-28,45-48,59-62H,19-20,29-34H2/t45-,46-,47-,48-/m1/s1. The van der Waals surface area contributed by atoms with Gasteiger partial charge in [0.25, 0.3) is 0 Å². The summed E-state index contributed by atoms with van der Waals surface area (Å²) in [5, 5.41) is 43.9. The molecule has 0 radical (unpaired) electrons. The van der Waals surface area contributed by atoms with Gasteiger partial charge in [-0.3, -0.25) is 29.8 Å². The van der Waals surface area contributed by atoms with Crippen LogP contribution in [0.4, 0.5) is 0 Å². The molecule has 6 aromatic carbocycles. The Morgan fingerprint density at radius 3 is 0.919 bits per heavy atom. The van der Waals surface area contributed by atoms with Crippen molar-refractivity contribution in [2.75, 3.05) is 26.2 Å². The first kappa shape index (κ1) is 40.5. The van der Waals surface area contributed by atoms with Crippen LogP contribution in [0.2, 0.25) is 0 Å². The van der Waals surface area contributed by atoms with Crippen molar-refractivity contribution in [3.8, 4) is 23.0 Å². The smallest absolute Gasteiger partial charge is 0.124 e. The normalized spacial score (nSPS) is 20.5. The van der Waals surface area contributed by atoms with Crippen molar-refractivity contribution in [1.29, 1.82) is 0 Å². The zero-order valence-corrected chi connectivity index (χ0v) is 34.4. The van der Waals surface area contributed by atoms with Crippen LogP contribution in [0.3, 0.4) is 0 Å². The van der Waals surface area contributed by atoms with Crippen molar-refractivity contribution >= 4 is 24.9 Å². The van der Waals surface area contributed by atoms with Gasteiger partial charge in [-0.2, -0.15) is 0 Å². The molecule has 9 rings (SSSR count). The Kier molecular flexibility index (Phi) is 12.0. The molecule has 3 aliphatic rings. The molecule has 6 aromatic rings. The molecule has 0 unspecified atom stereocenters. The third-order valence-corrected chi connectivity index (χ3v) is 12.0. The summed E-state index contributed by atoms with van der Waals surface area (Å²) >= 11 is 0. The molecule has 0 spiro atoms. The van der Waals surface area contributed by atoms with Gasteiger partial charge in [0.05, 0.1) is 24.2 Å². The molecule has 4 atom stereocenters. The molecular weight excluding hydrogens is 773 g/mol. The van der Waals surface area contributed by atoms with Gasteiger partial charge >= 0.3 is 0 Å². The lowest BCUT2D eigenvalue weighted by atomic mass is 10.0. The Labute approximate surface area is 362 Å². The highest BCUT2D eigenvalue weighted by atomic mass is 16.3. The number of rotatable bonds is 4. The molecule has 2 fully saturated rings. The van der Waals surface area contributed by atoms with Gasteiger partial charge in [-0.15, -0.1) is 0 Å². The Balaban J connectivity index is 1.07. The van der Waals surface area contributed by atoms with E-state index in [1.165, 1.54) is 11.1 Å². The molecule has 312 valence electrons. The van der Waals surface area contributed by atoms with E-state index in [-0.39, 0.29) is 47.2 Å². The monoisotopic (exact) mass is 822 g/mol. The molecule has 8 bridgehead atoms. The van der Waals surface area contributed by atoms with Gasteiger partial charge in [-0.25, -0.2) is 0 Å². The van der Waals surface area contributed by atoms with Crippen LogP contribution >= 0.6 is 0 Å². The summed E-state index contributed by atoms with van der Waals surface area (Å²) in [4.78, 5) is 24.8. The van der Waals surface area contributed by atoms with Crippen LogP contribution in [0.1, 0.15) is 55.6 Å². The van der Waals surface area contributed by atoms with E-state index in [0.29, 0.717) is 61.3 Å². The van der Waals surface area contributed by atoms with E-state index >= 15 is 0 Å². The molecule has 10 heteroatoms. The first-order chi connectivity index (χ1) is 30.3. The maximum Gasteiger partial charge on any atom is 0.124 e. The van der Waals surface area contributed by atoms with Crippen LogP contribution in [-0.2, 0) is 25.9 Å². The average molecular weight is 823 g/mol. The minimum atomic E-state index is -0.192. The van der Waals surface area contributed by atoms with Gasteiger partial charge in [0, 0.05) is 86.4 Å². The summed E-state index contributed by atoms with van der Waals surface area (Å²) in [6.07, 6.45) is 8.14. The second-order valence-corrected chi connectivity index (χ2v) is 16.7. The van der Waals surface area contributed by atoms with Crippen LogP contribution < -0.4 is 0 Å². The van der Waals surface area contributed by atoms with Gasteiger partial charge < -0.3 is 20.4 Å². The summed E-state index contributed by atoms with van der Waals surface area (Å²) in [5.41, 5.74) is 8.80. The van der Waals surface area contributed by atoms with E-state index in [2.05, 4.69) is 34.1 Å². The molecule has 3 heterocycles. The Morgan fingerprint density at radius 2 is 0.645 bits per heavy atom. The molecule has 0 aliphatic carbocycles. The van der Waals surface area contributed by atoms with E-state index in [9.17, 15) is 20.4 Å². The third kappa shape index (κ3) is 9.84. The lowest BCUT2D eigenvalue weighted by molar-refractivity contribution is 0.324. The molecule has 0 saturated carbocycles. The predicted octanol–water partition coefficient (Wildman–Crippen LogP) is 7.59. The Hall–Kier alpha value is -6.88. The number of hydrogen-bond donors (Lipinski definition) is 4. The molecule has 3 aliphatic heterocycles. The highest BCUT2D eigenvalue weighted by Gasteiger charge is 2.33. The van der Waals surface area contributed by atoms with Gasteiger partial charge in [0.2, 0.25) is 0 Å². The third-order valence-electron chi connectivity index (χ3n) is 12.0. The second-order valence-electron chi connectivity index (χ2n) is 16.7. The van der Waals surface area contributed by atoms with Crippen molar-refractivity contribution in [2.24, 2.45) is 20.0 Å². The summed E-state index contributed by atoms with van der Waals surface area (Å²) < 4.78 is 0. The van der Waals surface area contributed by atoms with E-state index in [4.69, 9.17) is 20.0 Å². The summed E-state index contributed by atoms with van der Waals surface area (Å²) in [6, 6.07) is 42.2. The van der Waals surface area contributed by atoms with E-state index in [1.807, 2.05) is 84.9 Å².